The molecule has 2 amide bonds. The molecule has 0 aliphatic heterocycles. The van der Waals surface area contributed by atoms with E-state index in [1.165, 1.54) is 31.2 Å². The van der Waals surface area contributed by atoms with Gasteiger partial charge in [0.2, 0.25) is 10.0 Å². The first kappa shape index (κ1) is 21.4. The Hall–Kier alpha value is -2.87. The van der Waals surface area contributed by atoms with Crippen LogP contribution in [0.25, 0.3) is 0 Å². The van der Waals surface area contributed by atoms with Gasteiger partial charge in [0.05, 0.1) is 17.0 Å². The Balaban J connectivity index is 2.16. The van der Waals surface area contributed by atoms with Crippen molar-refractivity contribution in [2.24, 2.45) is 0 Å². The molecule has 7 nitrogen and oxygen atoms in total. The zero-order chi connectivity index (χ0) is 20.9. The average Bonchev–Trinajstić information content (AvgIpc) is 2.61. The number of carbonyl (C=O) groups is 2. The second-order valence-corrected chi connectivity index (χ2v) is 9.30. The number of rotatable bonds is 6. The summed E-state index contributed by atoms with van der Waals surface area (Å²) in [7, 11) is -3.38. The molecule has 0 aromatic heterocycles. The topological polar surface area (TPSA) is 104 Å². The molecule has 0 saturated heterocycles. The molecule has 0 bridgehead atoms. The van der Waals surface area contributed by atoms with Gasteiger partial charge in [-0.15, -0.1) is 0 Å². The van der Waals surface area contributed by atoms with Crippen molar-refractivity contribution < 1.29 is 18.0 Å². The van der Waals surface area contributed by atoms with Gasteiger partial charge in [0, 0.05) is 16.8 Å². The lowest BCUT2D eigenvalue weighted by molar-refractivity contribution is 0.0920. The highest BCUT2D eigenvalue weighted by Crippen LogP contribution is 2.18. The molecular formula is C20H25N3O4S. The van der Waals surface area contributed by atoms with Gasteiger partial charge in [-0.25, -0.2) is 8.42 Å². The summed E-state index contributed by atoms with van der Waals surface area (Å²) in [6.07, 6.45) is 0. The molecule has 2 aromatic rings. The molecule has 2 aromatic carbocycles. The van der Waals surface area contributed by atoms with E-state index >= 15 is 0 Å². The number of anilines is 2. The van der Waals surface area contributed by atoms with E-state index in [9.17, 15) is 18.0 Å². The largest absolute Gasteiger partial charge is 0.347 e. The van der Waals surface area contributed by atoms with Crippen LogP contribution in [0.1, 0.15) is 48.4 Å². The highest BCUT2D eigenvalue weighted by Gasteiger charge is 2.19. The van der Waals surface area contributed by atoms with Crippen LogP contribution < -0.4 is 15.4 Å². The van der Waals surface area contributed by atoms with E-state index in [2.05, 4.69) is 15.4 Å². The van der Waals surface area contributed by atoms with Crippen molar-refractivity contribution in [3.8, 4) is 0 Å². The molecule has 28 heavy (non-hydrogen) atoms. The van der Waals surface area contributed by atoms with E-state index in [4.69, 9.17) is 0 Å². The molecule has 0 atom stereocenters. The summed E-state index contributed by atoms with van der Waals surface area (Å²) >= 11 is 0. The third-order valence-corrected chi connectivity index (χ3v) is 5.02. The maximum absolute atomic E-state index is 12.5. The van der Waals surface area contributed by atoms with E-state index in [-0.39, 0.29) is 11.7 Å². The third-order valence-electron chi connectivity index (χ3n) is 3.71. The summed E-state index contributed by atoms with van der Waals surface area (Å²) in [4.78, 5) is 25.0. The van der Waals surface area contributed by atoms with Crippen molar-refractivity contribution in [2.45, 2.75) is 33.2 Å². The number of amides is 2. The van der Waals surface area contributed by atoms with Gasteiger partial charge in [-0.3, -0.25) is 14.3 Å². The highest BCUT2D eigenvalue weighted by molar-refractivity contribution is 7.92. The number of hydrogen-bond donors (Lipinski definition) is 3. The van der Waals surface area contributed by atoms with Crippen LogP contribution in [0.2, 0.25) is 0 Å². The van der Waals surface area contributed by atoms with Crippen LogP contribution in [0, 0.1) is 0 Å². The molecule has 0 aliphatic carbocycles. The van der Waals surface area contributed by atoms with Gasteiger partial charge in [0.25, 0.3) is 11.8 Å². The number of sulfonamides is 1. The SMILES string of the molecule is CCS(=O)(=O)Nc1ccc(C(=O)Nc2ccccc2C(=O)NC(C)(C)C)cc1. The second kappa shape index (κ2) is 8.43. The maximum atomic E-state index is 12.5. The van der Waals surface area contributed by atoms with Gasteiger partial charge in [-0.1, -0.05) is 12.1 Å². The second-order valence-electron chi connectivity index (χ2n) is 7.29. The van der Waals surface area contributed by atoms with Crippen molar-refractivity contribution in [1.82, 2.24) is 5.32 Å². The number of nitrogens with one attached hydrogen (secondary N) is 3. The lowest BCUT2D eigenvalue weighted by atomic mass is 10.1. The van der Waals surface area contributed by atoms with E-state index < -0.39 is 21.5 Å². The minimum Gasteiger partial charge on any atom is -0.347 e. The molecule has 0 radical (unpaired) electrons. The monoisotopic (exact) mass is 403 g/mol. The molecular weight excluding hydrogens is 378 g/mol. The predicted molar refractivity (Wildman–Crippen MR) is 111 cm³/mol. The lowest BCUT2D eigenvalue weighted by Crippen LogP contribution is -2.40. The van der Waals surface area contributed by atoms with Crippen molar-refractivity contribution in [1.29, 1.82) is 0 Å². The summed E-state index contributed by atoms with van der Waals surface area (Å²) in [5.41, 5.74) is 1.06. The summed E-state index contributed by atoms with van der Waals surface area (Å²) in [5, 5.41) is 5.60. The number of para-hydroxylation sites is 1. The zero-order valence-electron chi connectivity index (χ0n) is 16.4. The van der Waals surface area contributed by atoms with Gasteiger partial charge in [0.15, 0.2) is 0 Å². The number of hydrogen-bond acceptors (Lipinski definition) is 4. The molecule has 3 N–H and O–H groups in total. The average molecular weight is 404 g/mol. The molecule has 0 heterocycles. The van der Waals surface area contributed by atoms with E-state index in [1.807, 2.05) is 20.8 Å². The van der Waals surface area contributed by atoms with Gasteiger partial charge < -0.3 is 10.6 Å². The van der Waals surface area contributed by atoms with Crippen LogP contribution in [0.15, 0.2) is 48.5 Å². The van der Waals surface area contributed by atoms with Crippen LogP contribution in [0.4, 0.5) is 11.4 Å². The Morgan fingerprint density at radius 2 is 1.54 bits per heavy atom. The summed E-state index contributed by atoms with van der Waals surface area (Å²) in [6, 6.07) is 12.8. The normalized spacial score (nSPS) is 11.6. The van der Waals surface area contributed by atoms with Crippen LogP contribution >= 0.6 is 0 Å². The first-order valence-electron chi connectivity index (χ1n) is 8.84. The number of benzene rings is 2. The molecule has 8 heteroatoms. The quantitative estimate of drug-likeness (QED) is 0.689. The fourth-order valence-electron chi connectivity index (χ4n) is 2.33. The summed E-state index contributed by atoms with van der Waals surface area (Å²) in [5.74, 6) is -0.725. The Kier molecular flexibility index (Phi) is 6.45. The third kappa shape index (κ3) is 6.09. The molecule has 2 rings (SSSR count). The Morgan fingerprint density at radius 3 is 2.11 bits per heavy atom. The predicted octanol–water partition coefficient (Wildman–Crippen LogP) is 3.23. The summed E-state index contributed by atoms with van der Waals surface area (Å²) in [6.45, 7) is 7.17. The molecule has 0 spiro atoms. The maximum Gasteiger partial charge on any atom is 0.255 e. The van der Waals surface area contributed by atoms with Gasteiger partial charge in [-0.05, 0) is 64.1 Å². The van der Waals surface area contributed by atoms with E-state index in [1.54, 1.807) is 24.3 Å². The molecule has 0 fully saturated rings. The molecule has 0 aliphatic rings. The highest BCUT2D eigenvalue weighted by atomic mass is 32.2. The first-order valence-corrected chi connectivity index (χ1v) is 10.5. The Bertz CT molecular complexity index is 962. The zero-order valence-corrected chi connectivity index (χ0v) is 17.2. The number of carbonyl (C=O) groups excluding carboxylic acids is 2. The van der Waals surface area contributed by atoms with Gasteiger partial charge in [0.1, 0.15) is 0 Å². The minimum atomic E-state index is -3.38. The van der Waals surface area contributed by atoms with Crippen molar-refractivity contribution in [3.63, 3.8) is 0 Å². The lowest BCUT2D eigenvalue weighted by Gasteiger charge is -2.21. The molecule has 0 saturated carbocycles. The fourth-order valence-corrected chi connectivity index (χ4v) is 2.97. The fraction of sp³-hybridized carbons (Fsp3) is 0.300. The van der Waals surface area contributed by atoms with E-state index in [0.717, 1.165) is 0 Å². The van der Waals surface area contributed by atoms with E-state index in [0.29, 0.717) is 22.5 Å². The minimum absolute atomic E-state index is 0.0390. The Morgan fingerprint density at radius 1 is 0.929 bits per heavy atom. The van der Waals surface area contributed by atoms with Crippen LogP contribution in [0.5, 0.6) is 0 Å². The molecule has 150 valence electrons. The van der Waals surface area contributed by atoms with Crippen LogP contribution in [-0.2, 0) is 10.0 Å². The Labute approximate surface area is 165 Å². The smallest absolute Gasteiger partial charge is 0.255 e. The van der Waals surface area contributed by atoms with Crippen molar-refractivity contribution in [3.05, 3.63) is 59.7 Å². The van der Waals surface area contributed by atoms with Crippen LogP contribution in [0.3, 0.4) is 0 Å². The molecule has 0 unspecified atom stereocenters. The van der Waals surface area contributed by atoms with Crippen molar-refractivity contribution >= 4 is 33.2 Å². The first-order chi connectivity index (χ1) is 13.0. The van der Waals surface area contributed by atoms with Gasteiger partial charge >= 0.3 is 0 Å². The van der Waals surface area contributed by atoms with Gasteiger partial charge in [-0.2, -0.15) is 0 Å². The van der Waals surface area contributed by atoms with Crippen molar-refractivity contribution in [2.75, 3.05) is 15.8 Å². The van der Waals surface area contributed by atoms with Crippen LogP contribution in [-0.4, -0.2) is 31.5 Å². The summed E-state index contributed by atoms with van der Waals surface area (Å²) < 4.78 is 25.6. The standard InChI is InChI=1S/C20H25N3O4S/c1-5-28(26,27)23-15-12-10-14(11-13-15)18(24)21-17-9-7-6-8-16(17)19(25)22-20(2,3)4/h6-13,23H,5H2,1-4H3,(H,21,24)(H,22,25).